The van der Waals surface area contributed by atoms with Crippen molar-refractivity contribution < 1.29 is 4.79 Å². The van der Waals surface area contributed by atoms with Crippen LogP contribution in [0.1, 0.15) is 55.8 Å². The van der Waals surface area contributed by atoms with Crippen LogP contribution in [0.25, 0.3) is 0 Å². The second kappa shape index (κ2) is 6.03. The number of nitrogens with zero attached hydrogens (tertiary/aromatic N) is 1. The summed E-state index contributed by atoms with van der Waals surface area (Å²) >= 11 is 11.9. The highest BCUT2D eigenvalue weighted by molar-refractivity contribution is 6.42. The van der Waals surface area contributed by atoms with Gasteiger partial charge in [0.1, 0.15) is 0 Å². The molecule has 0 spiro atoms. The number of hydrazone groups is 1. The largest absolute Gasteiger partial charge is 0.271 e. The van der Waals surface area contributed by atoms with Gasteiger partial charge in [-0.15, -0.1) is 0 Å². The molecule has 128 valence electrons. The summed E-state index contributed by atoms with van der Waals surface area (Å²) in [5.41, 5.74) is 4.51. The molecule has 4 aliphatic carbocycles. The lowest BCUT2D eigenvalue weighted by Crippen LogP contribution is -2.49. The zero-order valence-electron chi connectivity index (χ0n) is 13.8. The second-order valence-corrected chi connectivity index (χ2v) is 8.78. The summed E-state index contributed by atoms with van der Waals surface area (Å²) in [5.74, 6) is 2.36. The summed E-state index contributed by atoms with van der Waals surface area (Å²) in [6, 6.07) is 4.88. The van der Waals surface area contributed by atoms with Crippen molar-refractivity contribution in [3.05, 3.63) is 33.8 Å². The summed E-state index contributed by atoms with van der Waals surface area (Å²) in [7, 11) is 0. The number of hydrogen-bond acceptors (Lipinski definition) is 2. The van der Waals surface area contributed by atoms with E-state index in [4.69, 9.17) is 23.2 Å². The molecule has 5 rings (SSSR count). The normalized spacial score (nSPS) is 34.5. The number of benzene rings is 1. The maximum absolute atomic E-state index is 12.3. The van der Waals surface area contributed by atoms with Crippen molar-refractivity contribution in [2.75, 3.05) is 0 Å². The smallest absolute Gasteiger partial charge is 0.267 e. The van der Waals surface area contributed by atoms with E-state index in [2.05, 4.69) is 17.5 Å². The van der Waals surface area contributed by atoms with Crippen molar-refractivity contribution in [3.8, 4) is 0 Å². The van der Waals surface area contributed by atoms with Gasteiger partial charge in [-0.25, -0.2) is 5.43 Å². The summed E-state index contributed by atoms with van der Waals surface area (Å²) in [6.07, 6.45) is 7.96. The van der Waals surface area contributed by atoms with E-state index < -0.39 is 0 Å². The molecule has 0 radical (unpaired) electrons. The van der Waals surface area contributed by atoms with Gasteiger partial charge in [0.15, 0.2) is 0 Å². The third-order valence-electron chi connectivity index (χ3n) is 6.31. The first kappa shape index (κ1) is 16.4. The molecule has 4 aliphatic rings. The molecule has 0 saturated heterocycles. The summed E-state index contributed by atoms with van der Waals surface area (Å²) in [4.78, 5) is 12.3. The van der Waals surface area contributed by atoms with Gasteiger partial charge in [-0.1, -0.05) is 23.2 Å². The summed E-state index contributed by atoms with van der Waals surface area (Å²) in [5, 5.41) is 5.31. The number of hydrogen-bond donors (Lipinski definition) is 1. The zero-order chi connectivity index (χ0) is 16.9. The van der Waals surface area contributed by atoms with Crippen molar-refractivity contribution in [2.24, 2.45) is 28.3 Å². The molecule has 4 bridgehead atoms. The molecule has 5 heteroatoms. The van der Waals surface area contributed by atoms with Crippen LogP contribution in [-0.2, 0) is 0 Å². The maximum Gasteiger partial charge on any atom is 0.271 e. The Kier molecular flexibility index (Phi) is 4.12. The van der Waals surface area contributed by atoms with Gasteiger partial charge < -0.3 is 0 Å². The number of rotatable bonds is 3. The van der Waals surface area contributed by atoms with Gasteiger partial charge in [0.25, 0.3) is 5.91 Å². The number of carbonyl (C=O) groups excluding carboxylic acids is 1. The van der Waals surface area contributed by atoms with E-state index >= 15 is 0 Å². The molecule has 0 atom stereocenters. The predicted octanol–water partition coefficient (Wildman–Crippen LogP) is 5.32. The molecule has 24 heavy (non-hydrogen) atoms. The minimum Gasteiger partial charge on any atom is -0.267 e. The molecule has 3 nitrogen and oxygen atoms in total. The van der Waals surface area contributed by atoms with Crippen LogP contribution in [0.4, 0.5) is 0 Å². The van der Waals surface area contributed by atoms with E-state index in [0.29, 0.717) is 15.6 Å². The van der Waals surface area contributed by atoms with Gasteiger partial charge in [-0.2, -0.15) is 5.10 Å². The third-order valence-corrected chi connectivity index (χ3v) is 7.05. The SMILES string of the molecule is C/C(=N/NC(=O)c1ccc(Cl)c(Cl)c1)C12CC3CC(CC(C3)C1)C2. The van der Waals surface area contributed by atoms with E-state index in [1.165, 1.54) is 38.5 Å². The first-order chi connectivity index (χ1) is 11.4. The Morgan fingerprint density at radius 3 is 2.21 bits per heavy atom. The van der Waals surface area contributed by atoms with Gasteiger partial charge in [-0.3, -0.25) is 4.79 Å². The van der Waals surface area contributed by atoms with Crippen molar-refractivity contribution in [1.82, 2.24) is 5.43 Å². The van der Waals surface area contributed by atoms with Crippen molar-refractivity contribution in [2.45, 2.75) is 45.4 Å². The van der Waals surface area contributed by atoms with E-state index in [1.54, 1.807) is 18.2 Å². The Balaban J connectivity index is 1.49. The fraction of sp³-hybridized carbons (Fsp3) is 0.579. The molecule has 0 unspecified atom stereocenters. The number of carbonyl (C=O) groups is 1. The first-order valence-corrected chi connectivity index (χ1v) is 9.51. The Hall–Kier alpha value is -1.06. The molecule has 1 amide bonds. The van der Waals surface area contributed by atoms with Crippen molar-refractivity contribution >= 4 is 34.8 Å². The van der Waals surface area contributed by atoms with E-state index in [9.17, 15) is 4.79 Å². The molecule has 4 saturated carbocycles. The van der Waals surface area contributed by atoms with E-state index in [1.807, 2.05) is 0 Å². The summed E-state index contributed by atoms with van der Waals surface area (Å²) < 4.78 is 0. The highest BCUT2D eigenvalue weighted by Gasteiger charge is 2.52. The lowest BCUT2D eigenvalue weighted by molar-refractivity contribution is -0.0128. The quantitative estimate of drug-likeness (QED) is 0.572. The van der Waals surface area contributed by atoms with E-state index in [0.717, 1.165) is 23.5 Å². The highest BCUT2D eigenvalue weighted by Crippen LogP contribution is 2.60. The van der Waals surface area contributed by atoms with Crippen LogP contribution in [0.5, 0.6) is 0 Å². The number of amides is 1. The van der Waals surface area contributed by atoms with E-state index in [-0.39, 0.29) is 11.3 Å². The van der Waals surface area contributed by atoms with Crippen molar-refractivity contribution in [3.63, 3.8) is 0 Å². The minimum absolute atomic E-state index is 0.222. The van der Waals surface area contributed by atoms with Gasteiger partial charge in [-0.05, 0) is 81.4 Å². The topological polar surface area (TPSA) is 41.5 Å². The van der Waals surface area contributed by atoms with Gasteiger partial charge in [0.05, 0.1) is 10.0 Å². The number of nitrogens with one attached hydrogen (secondary N) is 1. The van der Waals surface area contributed by atoms with Crippen LogP contribution in [0.3, 0.4) is 0 Å². The maximum atomic E-state index is 12.3. The van der Waals surface area contributed by atoms with Crippen molar-refractivity contribution in [1.29, 1.82) is 0 Å². The third kappa shape index (κ3) is 2.86. The predicted molar refractivity (Wildman–Crippen MR) is 97.6 cm³/mol. The fourth-order valence-corrected chi connectivity index (χ4v) is 5.81. The van der Waals surface area contributed by atoms with Crippen LogP contribution in [-0.4, -0.2) is 11.6 Å². The average Bonchev–Trinajstić information content (AvgIpc) is 2.53. The Morgan fingerprint density at radius 1 is 1.08 bits per heavy atom. The summed E-state index contributed by atoms with van der Waals surface area (Å²) in [6.45, 7) is 2.09. The lowest BCUT2D eigenvalue weighted by atomic mass is 9.48. The molecule has 1 aromatic carbocycles. The first-order valence-electron chi connectivity index (χ1n) is 8.75. The van der Waals surface area contributed by atoms with Crippen LogP contribution in [0.2, 0.25) is 10.0 Å². The Morgan fingerprint density at radius 2 is 1.67 bits per heavy atom. The fourth-order valence-electron chi connectivity index (χ4n) is 5.51. The standard InChI is InChI=1S/C19H22Cl2N2O/c1-11(19-8-12-4-13(9-19)6-14(5-12)10-19)22-23-18(24)15-2-3-16(20)17(21)7-15/h2-3,7,12-14H,4-6,8-10H2,1H3,(H,23,24)/b22-11-. The van der Waals surface area contributed by atoms with Crippen LogP contribution in [0.15, 0.2) is 23.3 Å². The molecule has 4 fully saturated rings. The average molecular weight is 365 g/mol. The highest BCUT2D eigenvalue weighted by atomic mass is 35.5. The Labute approximate surface area is 152 Å². The molecule has 0 aromatic heterocycles. The molecular weight excluding hydrogens is 343 g/mol. The molecule has 0 aliphatic heterocycles. The van der Waals surface area contributed by atoms with Gasteiger partial charge in [0, 0.05) is 16.7 Å². The lowest BCUT2D eigenvalue weighted by Gasteiger charge is -2.56. The molecular formula is C19H22Cl2N2O. The van der Waals surface area contributed by atoms with Crippen LogP contribution >= 0.6 is 23.2 Å². The Bertz CT molecular complexity index is 678. The minimum atomic E-state index is -0.238. The van der Waals surface area contributed by atoms with Crippen LogP contribution in [0, 0.1) is 23.2 Å². The molecule has 1 aromatic rings. The van der Waals surface area contributed by atoms with Gasteiger partial charge in [0.2, 0.25) is 0 Å². The monoisotopic (exact) mass is 364 g/mol. The molecule has 1 N–H and O–H groups in total. The van der Waals surface area contributed by atoms with Gasteiger partial charge >= 0.3 is 0 Å². The molecule has 0 heterocycles. The zero-order valence-corrected chi connectivity index (χ0v) is 15.3. The number of halogens is 2. The van der Waals surface area contributed by atoms with Crippen LogP contribution < -0.4 is 5.43 Å². The second-order valence-electron chi connectivity index (χ2n) is 7.96.